The number of carbonyl (C=O) groups is 2. The molecule has 8 nitrogen and oxygen atoms in total. The van der Waals surface area contributed by atoms with Crippen LogP contribution >= 0.6 is 0 Å². The third-order valence-electron chi connectivity index (χ3n) is 2.88. The fourth-order valence-electron chi connectivity index (χ4n) is 1.85. The van der Waals surface area contributed by atoms with Crippen molar-refractivity contribution in [2.45, 2.75) is 6.54 Å². The number of nitrogens with two attached hydrogens (primary N) is 1. The molecule has 0 bridgehead atoms. The predicted molar refractivity (Wildman–Crippen MR) is 71.0 cm³/mol. The molecule has 1 aromatic rings. The number of hydrogen-bond acceptors (Lipinski definition) is 5. The maximum atomic E-state index is 11.6. The molecule has 0 unspecified atom stereocenters. The smallest absolute Gasteiger partial charge is 0.326 e. The molecule has 2 rings (SSSR count). The van der Waals surface area contributed by atoms with Crippen LogP contribution in [0.5, 0.6) is 0 Å². The van der Waals surface area contributed by atoms with Gasteiger partial charge in [-0.25, -0.2) is 4.79 Å². The summed E-state index contributed by atoms with van der Waals surface area (Å²) in [6.45, 7) is 1.44. The summed E-state index contributed by atoms with van der Waals surface area (Å²) < 4.78 is 6.17. The van der Waals surface area contributed by atoms with Crippen molar-refractivity contribution in [1.82, 2.24) is 14.8 Å². The van der Waals surface area contributed by atoms with E-state index in [4.69, 9.17) is 10.5 Å². The van der Waals surface area contributed by atoms with Gasteiger partial charge in [-0.1, -0.05) is 0 Å². The van der Waals surface area contributed by atoms with Crippen LogP contribution in [0.2, 0.25) is 0 Å². The molecule has 2 amide bonds. The van der Waals surface area contributed by atoms with Crippen molar-refractivity contribution in [1.29, 1.82) is 0 Å². The molecule has 1 saturated heterocycles. The van der Waals surface area contributed by atoms with Crippen LogP contribution in [0.25, 0.3) is 0 Å². The van der Waals surface area contributed by atoms with Gasteiger partial charge in [0, 0.05) is 31.0 Å². The average molecular weight is 280 g/mol. The van der Waals surface area contributed by atoms with Crippen LogP contribution in [0.15, 0.2) is 23.1 Å². The van der Waals surface area contributed by atoms with Crippen LogP contribution in [0.3, 0.4) is 0 Å². The monoisotopic (exact) mass is 280 g/mol. The first-order valence-corrected chi connectivity index (χ1v) is 6.20. The molecule has 0 aromatic carbocycles. The van der Waals surface area contributed by atoms with E-state index < -0.39 is 5.97 Å². The van der Waals surface area contributed by atoms with Gasteiger partial charge in [-0.3, -0.25) is 9.59 Å². The lowest BCUT2D eigenvalue weighted by Gasteiger charge is -2.14. The van der Waals surface area contributed by atoms with E-state index in [9.17, 15) is 14.4 Å². The number of urea groups is 1. The van der Waals surface area contributed by atoms with Gasteiger partial charge in [0.05, 0.1) is 6.54 Å². The summed E-state index contributed by atoms with van der Waals surface area (Å²) in [6, 6.07) is 2.60. The highest BCUT2D eigenvalue weighted by Gasteiger charge is 2.19. The Bertz CT molecular complexity index is 569. The summed E-state index contributed by atoms with van der Waals surface area (Å²) in [5, 5.41) is 2.65. The highest BCUT2D eigenvalue weighted by atomic mass is 16.5. The number of aromatic nitrogens is 1. The fourth-order valence-corrected chi connectivity index (χ4v) is 1.85. The first-order valence-electron chi connectivity index (χ1n) is 6.20. The van der Waals surface area contributed by atoms with E-state index in [0.29, 0.717) is 25.3 Å². The number of nitrogens with zero attached hydrogens (tertiary/aromatic N) is 2. The van der Waals surface area contributed by atoms with E-state index in [0.717, 1.165) is 0 Å². The van der Waals surface area contributed by atoms with E-state index >= 15 is 0 Å². The number of rotatable bonds is 5. The molecule has 1 aliphatic heterocycles. The van der Waals surface area contributed by atoms with E-state index in [-0.39, 0.29) is 24.7 Å². The molecule has 3 N–H and O–H groups in total. The van der Waals surface area contributed by atoms with Crippen molar-refractivity contribution in [3.8, 4) is 0 Å². The minimum Gasteiger partial charge on any atom is -0.462 e. The average Bonchev–Trinajstić information content (AvgIpc) is 2.80. The van der Waals surface area contributed by atoms with Crippen LogP contribution in [0.1, 0.15) is 0 Å². The maximum Gasteiger partial charge on any atom is 0.326 e. The molecule has 1 fully saturated rings. The summed E-state index contributed by atoms with van der Waals surface area (Å²) in [6.07, 6.45) is 1.39. The summed E-state index contributed by atoms with van der Waals surface area (Å²) in [5.74, 6) is -0.544. The molecule has 1 aliphatic rings. The number of anilines is 1. The van der Waals surface area contributed by atoms with Crippen LogP contribution in [0, 0.1) is 0 Å². The third-order valence-corrected chi connectivity index (χ3v) is 2.88. The van der Waals surface area contributed by atoms with Gasteiger partial charge < -0.3 is 25.3 Å². The zero-order chi connectivity index (χ0) is 14.5. The van der Waals surface area contributed by atoms with E-state index in [1.807, 2.05) is 0 Å². The second-order valence-corrected chi connectivity index (χ2v) is 4.37. The summed E-state index contributed by atoms with van der Waals surface area (Å²) >= 11 is 0. The van der Waals surface area contributed by atoms with Crippen LogP contribution in [0.4, 0.5) is 10.5 Å². The fraction of sp³-hybridized carbons (Fsp3) is 0.417. The lowest BCUT2D eigenvalue weighted by atomic mass is 10.4. The number of nitrogen functional groups attached to an aromatic ring is 1. The normalized spacial score (nSPS) is 14.2. The number of carbonyl (C=O) groups excluding carboxylic acids is 2. The topological polar surface area (TPSA) is 107 Å². The summed E-state index contributed by atoms with van der Waals surface area (Å²) in [5.41, 5.74) is 5.61. The van der Waals surface area contributed by atoms with Crippen LogP contribution in [-0.2, 0) is 16.1 Å². The van der Waals surface area contributed by atoms with Gasteiger partial charge in [0.1, 0.15) is 13.2 Å². The van der Waals surface area contributed by atoms with E-state index in [2.05, 4.69) is 5.32 Å². The Kier molecular flexibility index (Phi) is 4.24. The van der Waals surface area contributed by atoms with Gasteiger partial charge in [0.25, 0.3) is 5.56 Å². The molecule has 0 atom stereocenters. The summed E-state index contributed by atoms with van der Waals surface area (Å²) in [4.78, 5) is 35.9. The summed E-state index contributed by atoms with van der Waals surface area (Å²) in [7, 11) is 0. The number of nitrogens with one attached hydrogen (secondary N) is 1. The molecule has 20 heavy (non-hydrogen) atoms. The molecule has 8 heteroatoms. The number of esters is 1. The van der Waals surface area contributed by atoms with Gasteiger partial charge in [0.15, 0.2) is 0 Å². The maximum absolute atomic E-state index is 11.6. The number of pyridine rings is 1. The van der Waals surface area contributed by atoms with E-state index in [1.54, 1.807) is 4.90 Å². The Hall–Kier alpha value is -2.51. The number of amides is 2. The van der Waals surface area contributed by atoms with Gasteiger partial charge >= 0.3 is 12.0 Å². The van der Waals surface area contributed by atoms with Crippen molar-refractivity contribution < 1.29 is 14.3 Å². The minimum atomic E-state index is -0.544. The first kappa shape index (κ1) is 13.9. The molecule has 0 radical (unpaired) electrons. The second kappa shape index (κ2) is 6.09. The van der Waals surface area contributed by atoms with Crippen molar-refractivity contribution in [2.24, 2.45) is 0 Å². The molecular weight excluding hydrogens is 264 g/mol. The molecule has 2 heterocycles. The third kappa shape index (κ3) is 3.50. The highest BCUT2D eigenvalue weighted by molar-refractivity contribution is 5.76. The zero-order valence-corrected chi connectivity index (χ0v) is 10.9. The lowest BCUT2D eigenvalue weighted by Crippen LogP contribution is -2.32. The quantitative estimate of drug-likeness (QED) is 0.673. The largest absolute Gasteiger partial charge is 0.462 e. The Balaban J connectivity index is 1.79. The lowest BCUT2D eigenvalue weighted by molar-refractivity contribution is -0.144. The van der Waals surface area contributed by atoms with Crippen molar-refractivity contribution in [3.05, 3.63) is 28.7 Å². The molecule has 0 spiro atoms. The Morgan fingerprint density at radius 2 is 2.20 bits per heavy atom. The van der Waals surface area contributed by atoms with Crippen LogP contribution < -0.4 is 16.6 Å². The van der Waals surface area contributed by atoms with E-state index in [1.165, 1.54) is 22.9 Å². The molecule has 0 aliphatic carbocycles. The Morgan fingerprint density at radius 3 is 2.90 bits per heavy atom. The standard InChI is InChI=1S/C12H16N4O4/c13-9-1-2-10(17)16(7-9)8-11(18)20-6-5-15-4-3-14-12(15)19/h1-2,7H,3-6,8,13H2,(H,14,19). The second-order valence-electron chi connectivity index (χ2n) is 4.37. The zero-order valence-electron chi connectivity index (χ0n) is 10.9. The van der Waals surface area contributed by atoms with Crippen molar-refractivity contribution in [3.63, 3.8) is 0 Å². The Morgan fingerprint density at radius 1 is 1.40 bits per heavy atom. The van der Waals surface area contributed by atoms with Gasteiger partial charge in [0.2, 0.25) is 0 Å². The van der Waals surface area contributed by atoms with Crippen molar-refractivity contribution >= 4 is 17.7 Å². The van der Waals surface area contributed by atoms with Gasteiger partial charge in [-0.05, 0) is 6.07 Å². The molecule has 0 saturated carbocycles. The Labute approximate surface area is 115 Å². The highest BCUT2D eigenvalue weighted by Crippen LogP contribution is 1.98. The number of hydrogen-bond donors (Lipinski definition) is 2. The van der Waals surface area contributed by atoms with Gasteiger partial charge in [-0.15, -0.1) is 0 Å². The SMILES string of the molecule is Nc1ccc(=O)n(CC(=O)OCCN2CCNC2=O)c1. The predicted octanol–water partition coefficient (Wildman–Crippen LogP) is -1.00. The first-order chi connectivity index (χ1) is 9.56. The van der Waals surface area contributed by atoms with Crippen molar-refractivity contribution in [2.75, 3.05) is 32.0 Å². The molecular formula is C12H16N4O4. The minimum absolute atomic E-state index is 0.101. The number of ether oxygens (including phenoxy) is 1. The molecule has 1 aromatic heterocycles. The van der Waals surface area contributed by atoms with Gasteiger partial charge in [-0.2, -0.15) is 0 Å². The van der Waals surface area contributed by atoms with Crippen LogP contribution in [-0.4, -0.2) is 47.7 Å². The molecule has 108 valence electrons.